The predicted octanol–water partition coefficient (Wildman–Crippen LogP) is 4.20. The van der Waals surface area contributed by atoms with Crippen molar-refractivity contribution in [3.05, 3.63) is 77.6 Å². The summed E-state index contributed by atoms with van der Waals surface area (Å²) in [5.41, 5.74) is 0.935. The van der Waals surface area contributed by atoms with E-state index < -0.39 is 11.7 Å². The monoisotopic (exact) mass is 428 g/mol. The number of carbonyl (C=O) groups excluding carboxylic acids is 1. The minimum Gasteiger partial charge on any atom is -0.321 e. The van der Waals surface area contributed by atoms with Gasteiger partial charge < -0.3 is 9.88 Å². The number of halogens is 2. The first-order valence-corrected chi connectivity index (χ1v) is 9.64. The Morgan fingerprint density at radius 1 is 1.21 bits per heavy atom. The van der Waals surface area contributed by atoms with Gasteiger partial charge in [-0.2, -0.15) is 5.10 Å². The summed E-state index contributed by atoms with van der Waals surface area (Å²) in [6, 6.07) is 12.9. The minimum absolute atomic E-state index is 0.155. The Morgan fingerprint density at radius 3 is 2.76 bits per heavy atom. The molecule has 1 N–H and O–H groups in total. The van der Waals surface area contributed by atoms with Crippen LogP contribution in [0.25, 0.3) is 5.69 Å². The van der Waals surface area contributed by atoms with Gasteiger partial charge in [-0.15, -0.1) is 10.2 Å². The first-order chi connectivity index (χ1) is 14.0. The molecule has 0 radical (unpaired) electrons. The molecule has 29 heavy (non-hydrogen) atoms. The Hall–Kier alpha value is -3.17. The second-order valence-corrected chi connectivity index (χ2v) is 7.44. The third kappa shape index (κ3) is 4.15. The smallest absolute Gasteiger partial charge is 0.276 e. The van der Waals surface area contributed by atoms with Gasteiger partial charge in [0.05, 0.1) is 5.02 Å². The van der Waals surface area contributed by atoms with Crippen molar-refractivity contribution in [1.82, 2.24) is 24.5 Å². The number of nitrogens with zero attached hydrogens (tertiary/aromatic N) is 5. The Bertz CT molecular complexity index is 1190. The van der Waals surface area contributed by atoms with Crippen molar-refractivity contribution >= 4 is 35.0 Å². The normalized spacial score (nSPS) is 10.9. The largest absolute Gasteiger partial charge is 0.321 e. The standard InChI is InChI=1S/C19H14ClFN6OS/c1-26-11-22-24-19(26)29-17-7-6-12(10-13(17)20)23-18(28)15-8-9-27(25-15)16-5-3-2-4-14(16)21/h2-11H,1H3,(H,23,28). The van der Waals surface area contributed by atoms with Gasteiger partial charge in [0.15, 0.2) is 10.9 Å². The van der Waals surface area contributed by atoms with Crippen LogP contribution in [0, 0.1) is 5.82 Å². The molecule has 0 aliphatic heterocycles. The molecule has 0 spiro atoms. The van der Waals surface area contributed by atoms with Crippen molar-refractivity contribution in [3.8, 4) is 5.69 Å². The lowest BCUT2D eigenvalue weighted by Crippen LogP contribution is -2.13. The second kappa shape index (κ2) is 8.06. The van der Waals surface area contributed by atoms with Crippen molar-refractivity contribution in [2.75, 3.05) is 5.32 Å². The summed E-state index contributed by atoms with van der Waals surface area (Å²) < 4.78 is 17.0. The van der Waals surface area contributed by atoms with Crippen LogP contribution in [0.5, 0.6) is 0 Å². The van der Waals surface area contributed by atoms with E-state index in [2.05, 4.69) is 20.6 Å². The highest BCUT2D eigenvalue weighted by atomic mass is 35.5. The van der Waals surface area contributed by atoms with E-state index in [1.165, 1.54) is 34.8 Å². The van der Waals surface area contributed by atoms with Crippen molar-refractivity contribution in [2.24, 2.45) is 7.05 Å². The predicted molar refractivity (Wildman–Crippen MR) is 108 cm³/mol. The highest BCUT2D eigenvalue weighted by molar-refractivity contribution is 7.99. The molecule has 0 fully saturated rings. The molecule has 0 saturated heterocycles. The van der Waals surface area contributed by atoms with E-state index in [4.69, 9.17) is 11.6 Å². The van der Waals surface area contributed by atoms with Crippen LogP contribution in [0.15, 0.2) is 71.1 Å². The maximum Gasteiger partial charge on any atom is 0.276 e. The van der Waals surface area contributed by atoms with Gasteiger partial charge in [-0.05, 0) is 48.2 Å². The Labute approximate surface area is 174 Å². The van der Waals surface area contributed by atoms with E-state index in [9.17, 15) is 9.18 Å². The van der Waals surface area contributed by atoms with Gasteiger partial charge >= 0.3 is 0 Å². The number of hydrogen-bond donors (Lipinski definition) is 1. The Morgan fingerprint density at radius 2 is 2.03 bits per heavy atom. The van der Waals surface area contributed by atoms with Gasteiger partial charge in [0.2, 0.25) is 0 Å². The topological polar surface area (TPSA) is 77.6 Å². The van der Waals surface area contributed by atoms with Gasteiger partial charge in [0.25, 0.3) is 5.91 Å². The summed E-state index contributed by atoms with van der Waals surface area (Å²) in [5.74, 6) is -0.852. The number of para-hydroxylation sites is 1. The van der Waals surface area contributed by atoms with Crippen LogP contribution in [0.1, 0.15) is 10.5 Å². The summed E-state index contributed by atoms with van der Waals surface area (Å²) in [5, 5.41) is 15.9. The van der Waals surface area contributed by atoms with Gasteiger partial charge in [-0.1, -0.05) is 23.7 Å². The van der Waals surface area contributed by atoms with E-state index in [1.54, 1.807) is 47.3 Å². The first kappa shape index (κ1) is 19.2. The van der Waals surface area contributed by atoms with E-state index >= 15 is 0 Å². The summed E-state index contributed by atoms with van der Waals surface area (Å²) in [6.45, 7) is 0. The Balaban J connectivity index is 1.48. The number of aromatic nitrogens is 5. The average Bonchev–Trinajstić information content (AvgIpc) is 3.34. The molecule has 0 saturated carbocycles. The summed E-state index contributed by atoms with van der Waals surface area (Å²) in [7, 11) is 1.84. The zero-order valence-electron chi connectivity index (χ0n) is 15.1. The van der Waals surface area contributed by atoms with E-state index in [-0.39, 0.29) is 11.4 Å². The van der Waals surface area contributed by atoms with Gasteiger partial charge in [-0.3, -0.25) is 4.79 Å². The van der Waals surface area contributed by atoms with E-state index in [1.807, 2.05) is 7.05 Å². The SMILES string of the molecule is Cn1cnnc1Sc1ccc(NC(=O)c2ccn(-c3ccccc3F)n2)cc1Cl. The summed E-state index contributed by atoms with van der Waals surface area (Å²) in [4.78, 5) is 13.3. The molecule has 0 atom stereocenters. The number of carbonyl (C=O) groups is 1. The molecule has 1 amide bonds. The van der Waals surface area contributed by atoms with E-state index in [0.717, 1.165) is 4.90 Å². The van der Waals surface area contributed by atoms with Crippen molar-refractivity contribution < 1.29 is 9.18 Å². The van der Waals surface area contributed by atoms with Crippen LogP contribution < -0.4 is 5.32 Å². The number of benzene rings is 2. The van der Waals surface area contributed by atoms with Crippen LogP contribution in [-0.4, -0.2) is 30.5 Å². The average molecular weight is 429 g/mol. The molecule has 10 heteroatoms. The molecule has 0 aliphatic carbocycles. The number of rotatable bonds is 5. The van der Waals surface area contributed by atoms with Crippen LogP contribution in [0.3, 0.4) is 0 Å². The van der Waals surface area contributed by atoms with Crippen LogP contribution in [0.4, 0.5) is 10.1 Å². The zero-order valence-corrected chi connectivity index (χ0v) is 16.7. The molecular formula is C19H14ClFN6OS. The molecule has 2 aromatic carbocycles. The molecule has 0 aliphatic rings. The highest BCUT2D eigenvalue weighted by Gasteiger charge is 2.14. The fourth-order valence-electron chi connectivity index (χ4n) is 2.54. The Kier molecular flexibility index (Phi) is 5.32. The summed E-state index contributed by atoms with van der Waals surface area (Å²) >= 11 is 7.71. The molecular weight excluding hydrogens is 415 g/mol. The molecule has 0 unspecified atom stereocenters. The lowest BCUT2D eigenvalue weighted by atomic mass is 10.3. The van der Waals surface area contributed by atoms with Crippen LogP contribution in [-0.2, 0) is 7.05 Å². The van der Waals surface area contributed by atoms with Crippen molar-refractivity contribution in [3.63, 3.8) is 0 Å². The number of aryl methyl sites for hydroxylation is 1. The molecule has 4 aromatic rings. The van der Waals surface area contributed by atoms with Crippen molar-refractivity contribution in [2.45, 2.75) is 10.1 Å². The van der Waals surface area contributed by atoms with Crippen molar-refractivity contribution in [1.29, 1.82) is 0 Å². The van der Waals surface area contributed by atoms with Crippen LogP contribution >= 0.6 is 23.4 Å². The maximum absolute atomic E-state index is 13.9. The highest BCUT2D eigenvalue weighted by Crippen LogP contribution is 2.33. The second-order valence-electron chi connectivity index (χ2n) is 6.02. The quantitative estimate of drug-likeness (QED) is 0.515. The van der Waals surface area contributed by atoms with Gasteiger partial charge in [0, 0.05) is 23.8 Å². The molecule has 146 valence electrons. The van der Waals surface area contributed by atoms with Gasteiger partial charge in [0.1, 0.15) is 17.8 Å². The molecule has 4 rings (SSSR count). The fourth-order valence-corrected chi connectivity index (χ4v) is 3.60. The molecule has 7 nitrogen and oxygen atoms in total. The number of hydrogen-bond acceptors (Lipinski definition) is 5. The maximum atomic E-state index is 13.9. The molecule has 2 heterocycles. The van der Waals surface area contributed by atoms with Gasteiger partial charge in [-0.25, -0.2) is 9.07 Å². The first-order valence-electron chi connectivity index (χ1n) is 8.44. The third-order valence-corrected chi connectivity index (χ3v) is 5.53. The number of nitrogens with one attached hydrogen (secondary N) is 1. The fraction of sp³-hybridized carbons (Fsp3) is 0.0526. The summed E-state index contributed by atoms with van der Waals surface area (Å²) in [6.07, 6.45) is 3.13. The van der Waals surface area contributed by atoms with E-state index in [0.29, 0.717) is 15.9 Å². The molecule has 2 aromatic heterocycles. The number of anilines is 1. The zero-order chi connectivity index (χ0) is 20.4. The lowest BCUT2D eigenvalue weighted by molar-refractivity contribution is 0.102. The minimum atomic E-state index is -0.426. The van der Waals surface area contributed by atoms with Crippen LogP contribution in [0.2, 0.25) is 5.02 Å². The molecule has 0 bridgehead atoms. The third-order valence-electron chi connectivity index (χ3n) is 3.98. The number of amides is 1. The lowest BCUT2D eigenvalue weighted by Gasteiger charge is -2.07.